The summed E-state index contributed by atoms with van der Waals surface area (Å²) < 4.78 is 11.5. The van der Waals surface area contributed by atoms with Crippen LogP contribution in [0.5, 0.6) is 5.75 Å². The van der Waals surface area contributed by atoms with E-state index in [2.05, 4.69) is 26.8 Å². The standard InChI is InChI=1S/C23H27BrN2O5/c1-17-15-19(12-13-20(17)24)31-16-22(28)26-25-21(27)10-5-11-23(29)30-14-6-9-18-7-3-2-4-8-18/h2-4,7-8,12-13,15H,5-6,9-11,14,16H2,1H3,(H,25,27)(H,26,28). The lowest BCUT2D eigenvalue weighted by Gasteiger charge is -2.09. The van der Waals surface area contributed by atoms with Crippen LogP contribution in [-0.4, -0.2) is 31.0 Å². The predicted molar refractivity (Wildman–Crippen MR) is 120 cm³/mol. The van der Waals surface area contributed by atoms with E-state index < -0.39 is 5.91 Å². The van der Waals surface area contributed by atoms with Crippen LogP contribution in [0.4, 0.5) is 0 Å². The Labute approximate surface area is 190 Å². The highest BCUT2D eigenvalue weighted by Gasteiger charge is 2.09. The first-order valence-corrected chi connectivity index (χ1v) is 10.9. The van der Waals surface area contributed by atoms with Gasteiger partial charge in [-0.1, -0.05) is 46.3 Å². The number of esters is 1. The number of amides is 2. The maximum Gasteiger partial charge on any atom is 0.305 e. The molecule has 2 rings (SSSR count). The summed E-state index contributed by atoms with van der Waals surface area (Å²) in [4.78, 5) is 35.3. The Kier molecular flexibility index (Phi) is 10.6. The molecule has 7 nitrogen and oxygen atoms in total. The summed E-state index contributed by atoms with van der Waals surface area (Å²) in [6.07, 6.45) is 2.20. The molecule has 166 valence electrons. The zero-order chi connectivity index (χ0) is 22.5. The van der Waals surface area contributed by atoms with Gasteiger partial charge in [0.15, 0.2) is 6.61 Å². The molecule has 0 aromatic heterocycles. The number of benzene rings is 2. The Bertz CT molecular complexity index is 874. The summed E-state index contributed by atoms with van der Waals surface area (Å²) in [5.41, 5.74) is 6.78. The number of carbonyl (C=O) groups is 3. The molecule has 0 atom stereocenters. The van der Waals surface area contributed by atoms with Crippen molar-refractivity contribution in [1.82, 2.24) is 10.9 Å². The second kappa shape index (κ2) is 13.4. The number of rotatable bonds is 11. The number of hydrogen-bond acceptors (Lipinski definition) is 5. The minimum Gasteiger partial charge on any atom is -0.484 e. The van der Waals surface area contributed by atoms with E-state index >= 15 is 0 Å². The molecule has 2 amide bonds. The van der Waals surface area contributed by atoms with Crippen LogP contribution in [0, 0.1) is 6.92 Å². The van der Waals surface area contributed by atoms with E-state index in [-0.39, 0.29) is 31.3 Å². The summed E-state index contributed by atoms with van der Waals surface area (Å²) in [5.74, 6) is -0.635. The average Bonchev–Trinajstić information content (AvgIpc) is 2.77. The third kappa shape index (κ3) is 10.1. The van der Waals surface area contributed by atoms with Crippen LogP contribution in [0.15, 0.2) is 53.0 Å². The Morgan fingerprint density at radius 3 is 2.42 bits per heavy atom. The van der Waals surface area contributed by atoms with Crippen molar-refractivity contribution in [2.45, 2.75) is 39.0 Å². The van der Waals surface area contributed by atoms with Crippen molar-refractivity contribution in [2.75, 3.05) is 13.2 Å². The Morgan fingerprint density at radius 2 is 1.68 bits per heavy atom. The number of ether oxygens (including phenoxy) is 2. The Hall–Kier alpha value is -2.87. The van der Waals surface area contributed by atoms with Crippen molar-refractivity contribution >= 4 is 33.7 Å². The lowest BCUT2D eigenvalue weighted by Crippen LogP contribution is -2.43. The fraction of sp³-hybridized carbons (Fsp3) is 0.348. The van der Waals surface area contributed by atoms with Crippen LogP contribution < -0.4 is 15.6 Å². The van der Waals surface area contributed by atoms with Crippen molar-refractivity contribution in [3.8, 4) is 5.75 Å². The number of hydrazine groups is 1. The molecule has 8 heteroatoms. The first-order valence-electron chi connectivity index (χ1n) is 10.1. The lowest BCUT2D eigenvalue weighted by atomic mass is 10.1. The SMILES string of the molecule is Cc1cc(OCC(=O)NNC(=O)CCCC(=O)OCCCc2ccccc2)ccc1Br. The first kappa shape index (κ1) is 24.4. The molecule has 0 heterocycles. The van der Waals surface area contributed by atoms with Crippen molar-refractivity contribution in [1.29, 1.82) is 0 Å². The molecule has 0 bridgehead atoms. The zero-order valence-corrected chi connectivity index (χ0v) is 19.1. The second-order valence-electron chi connectivity index (χ2n) is 6.96. The quantitative estimate of drug-likeness (QED) is 0.285. The van der Waals surface area contributed by atoms with Gasteiger partial charge in [-0.05, 0) is 55.5 Å². The summed E-state index contributed by atoms with van der Waals surface area (Å²) in [5, 5.41) is 0. The summed E-state index contributed by atoms with van der Waals surface area (Å²) >= 11 is 3.39. The van der Waals surface area contributed by atoms with E-state index in [9.17, 15) is 14.4 Å². The van der Waals surface area contributed by atoms with Crippen LogP contribution in [-0.2, 0) is 25.5 Å². The highest BCUT2D eigenvalue weighted by molar-refractivity contribution is 9.10. The van der Waals surface area contributed by atoms with Crippen molar-refractivity contribution in [3.63, 3.8) is 0 Å². The highest BCUT2D eigenvalue weighted by atomic mass is 79.9. The molecule has 0 aliphatic carbocycles. The van der Waals surface area contributed by atoms with Gasteiger partial charge in [-0.15, -0.1) is 0 Å². The van der Waals surface area contributed by atoms with E-state index in [1.165, 1.54) is 5.56 Å². The molecule has 0 spiro atoms. The maximum absolute atomic E-state index is 11.8. The molecule has 0 unspecified atom stereocenters. The van der Waals surface area contributed by atoms with Gasteiger partial charge in [-0.25, -0.2) is 0 Å². The van der Waals surface area contributed by atoms with E-state index in [1.54, 1.807) is 12.1 Å². The largest absolute Gasteiger partial charge is 0.484 e. The van der Waals surface area contributed by atoms with Crippen LogP contribution in [0.2, 0.25) is 0 Å². The number of aryl methyl sites for hydroxylation is 2. The number of hydrogen-bond donors (Lipinski definition) is 2. The topological polar surface area (TPSA) is 93.7 Å². The molecular weight excluding hydrogens is 464 g/mol. The van der Waals surface area contributed by atoms with Gasteiger partial charge in [-0.3, -0.25) is 25.2 Å². The smallest absolute Gasteiger partial charge is 0.305 e. The van der Waals surface area contributed by atoms with Crippen LogP contribution >= 0.6 is 15.9 Å². The van der Waals surface area contributed by atoms with E-state index in [1.807, 2.05) is 43.3 Å². The van der Waals surface area contributed by atoms with Gasteiger partial charge in [0.25, 0.3) is 5.91 Å². The first-order chi connectivity index (χ1) is 14.9. The molecule has 0 saturated heterocycles. The van der Waals surface area contributed by atoms with Crippen LogP contribution in [0.1, 0.15) is 36.8 Å². The van der Waals surface area contributed by atoms with E-state index in [0.29, 0.717) is 18.8 Å². The zero-order valence-electron chi connectivity index (χ0n) is 17.5. The van der Waals surface area contributed by atoms with Gasteiger partial charge in [0.2, 0.25) is 5.91 Å². The third-order valence-corrected chi connectivity index (χ3v) is 5.23. The molecule has 0 aliphatic heterocycles. The van der Waals surface area contributed by atoms with E-state index in [0.717, 1.165) is 22.9 Å². The minimum absolute atomic E-state index is 0.103. The van der Waals surface area contributed by atoms with Crippen LogP contribution in [0.3, 0.4) is 0 Å². The molecule has 2 aromatic rings. The molecule has 31 heavy (non-hydrogen) atoms. The van der Waals surface area contributed by atoms with Crippen molar-refractivity contribution in [3.05, 3.63) is 64.1 Å². The fourth-order valence-corrected chi connectivity index (χ4v) is 2.91. The monoisotopic (exact) mass is 490 g/mol. The van der Waals surface area contributed by atoms with Crippen molar-refractivity contribution < 1.29 is 23.9 Å². The van der Waals surface area contributed by atoms with Gasteiger partial charge >= 0.3 is 5.97 Å². The number of carbonyl (C=O) groups excluding carboxylic acids is 3. The molecule has 0 fully saturated rings. The van der Waals surface area contributed by atoms with Gasteiger partial charge in [0.05, 0.1) is 6.61 Å². The number of halogens is 1. The predicted octanol–water partition coefficient (Wildman–Crippen LogP) is 3.63. The molecule has 0 saturated carbocycles. The summed E-state index contributed by atoms with van der Waals surface area (Å²) in [7, 11) is 0. The molecule has 0 aliphatic rings. The molecule has 2 N–H and O–H groups in total. The average molecular weight is 491 g/mol. The van der Waals surface area contributed by atoms with Gasteiger partial charge in [0.1, 0.15) is 5.75 Å². The fourth-order valence-electron chi connectivity index (χ4n) is 2.67. The normalized spacial score (nSPS) is 10.3. The summed E-state index contributed by atoms with van der Waals surface area (Å²) in [6, 6.07) is 15.4. The molecule has 0 radical (unpaired) electrons. The second-order valence-corrected chi connectivity index (χ2v) is 7.81. The lowest BCUT2D eigenvalue weighted by molar-refractivity contribution is -0.144. The van der Waals surface area contributed by atoms with Gasteiger partial charge < -0.3 is 9.47 Å². The molecule has 2 aromatic carbocycles. The van der Waals surface area contributed by atoms with Crippen LogP contribution in [0.25, 0.3) is 0 Å². The van der Waals surface area contributed by atoms with E-state index in [4.69, 9.17) is 9.47 Å². The maximum atomic E-state index is 11.8. The third-order valence-electron chi connectivity index (χ3n) is 4.34. The van der Waals surface area contributed by atoms with Crippen molar-refractivity contribution in [2.24, 2.45) is 0 Å². The Balaban J connectivity index is 1.50. The van der Waals surface area contributed by atoms with Gasteiger partial charge in [0, 0.05) is 17.3 Å². The molecular formula is C23H27BrN2O5. The Morgan fingerprint density at radius 1 is 0.935 bits per heavy atom. The summed E-state index contributed by atoms with van der Waals surface area (Å²) in [6.45, 7) is 2.04. The number of nitrogens with one attached hydrogen (secondary N) is 2. The highest BCUT2D eigenvalue weighted by Crippen LogP contribution is 2.21. The van der Waals surface area contributed by atoms with Gasteiger partial charge in [-0.2, -0.15) is 0 Å². The minimum atomic E-state index is -0.480.